The molecule has 3 N–H and O–H groups in total. The molecule has 3 amide bonds. The summed E-state index contributed by atoms with van der Waals surface area (Å²) in [7, 11) is 1.52. The van der Waals surface area contributed by atoms with Crippen LogP contribution in [0.5, 0.6) is 0 Å². The van der Waals surface area contributed by atoms with Crippen molar-refractivity contribution in [2.24, 2.45) is 0 Å². The molecule has 1 atom stereocenters. The lowest BCUT2D eigenvalue weighted by Gasteiger charge is -2.33. The van der Waals surface area contributed by atoms with Crippen molar-refractivity contribution in [2.45, 2.75) is 16.6 Å². The molecule has 27 heavy (non-hydrogen) atoms. The number of hydroxylamine groups is 1. The van der Waals surface area contributed by atoms with Gasteiger partial charge in [-0.15, -0.1) is 11.8 Å². The highest BCUT2D eigenvalue weighted by Gasteiger charge is 2.35. The van der Waals surface area contributed by atoms with Crippen molar-refractivity contribution >= 4 is 35.2 Å². The molecule has 0 aromatic heterocycles. The Morgan fingerprint density at radius 2 is 1.93 bits per heavy atom. The number of rotatable bonds is 5. The first-order valence-corrected chi connectivity index (χ1v) is 9.22. The van der Waals surface area contributed by atoms with Crippen LogP contribution in [0, 0.1) is 0 Å². The number of hydrogen-bond acceptors (Lipinski definition) is 5. The number of anilines is 1. The molecular weight excluding hydrogens is 366 g/mol. The van der Waals surface area contributed by atoms with Gasteiger partial charge >= 0.3 is 0 Å². The van der Waals surface area contributed by atoms with Gasteiger partial charge in [-0.3, -0.25) is 19.6 Å². The number of carbonyl (C=O) groups excluding carboxylic acids is 3. The maximum Gasteiger partial charge on any atom is 0.263 e. The van der Waals surface area contributed by atoms with Crippen LogP contribution < -0.4 is 15.7 Å². The van der Waals surface area contributed by atoms with Crippen LogP contribution in [0.15, 0.2) is 53.4 Å². The van der Waals surface area contributed by atoms with Crippen molar-refractivity contribution in [2.75, 3.05) is 18.5 Å². The van der Waals surface area contributed by atoms with Crippen LogP contribution in [0.25, 0.3) is 0 Å². The van der Waals surface area contributed by atoms with Crippen LogP contribution in [-0.4, -0.2) is 41.8 Å². The fraction of sp³-hybridized carbons (Fsp3) is 0.211. The van der Waals surface area contributed by atoms with Gasteiger partial charge < -0.3 is 10.2 Å². The lowest BCUT2D eigenvalue weighted by atomic mass is 10.1. The van der Waals surface area contributed by atoms with E-state index < -0.39 is 11.2 Å². The van der Waals surface area contributed by atoms with Crippen LogP contribution >= 0.6 is 11.8 Å². The fourth-order valence-electron chi connectivity index (χ4n) is 2.91. The quantitative estimate of drug-likeness (QED) is 0.536. The van der Waals surface area contributed by atoms with Crippen LogP contribution in [0.2, 0.25) is 0 Å². The number of nitrogens with zero attached hydrogens (tertiary/aromatic N) is 1. The zero-order chi connectivity index (χ0) is 19.4. The molecule has 0 aliphatic carbocycles. The highest BCUT2D eigenvalue weighted by atomic mass is 32.2. The third kappa shape index (κ3) is 4.12. The summed E-state index contributed by atoms with van der Waals surface area (Å²) in [6, 6.07) is 14.7. The van der Waals surface area contributed by atoms with Gasteiger partial charge in [0.2, 0.25) is 5.91 Å². The Kier molecular flexibility index (Phi) is 5.78. The number of fused-ring (bicyclic) bond motifs is 1. The molecule has 0 spiro atoms. The predicted molar refractivity (Wildman–Crippen MR) is 102 cm³/mol. The second kappa shape index (κ2) is 8.24. The smallest absolute Gasteiger partial charge is 0.263 e. The molecule has 1 heterocycles. The number of benzene rings is 2. The Morgan fingerprint density at radius 3 is 2.59 bits per heavy atom. The van der Waals surface area contributed by atoms with E-state index in [4.69, 9.17) is 5.21 Å². The second-order valence-corrected chi connectivity index (χ2v) is 7.26. The minimum Gasteiger partial charge on any atom is -0.355 e. The van der Waals surface area contributed by atoms with Gasteiger partial charge in [-0.25, -0.2) is 5.48 Å². The lowest BCUT2D eigenvalue weighted by Crippen LogP contribution is -2.46. The number of hydrogen-bond donors (Lipinski definition) is 3. The second-order valence-electron chi connectivity index (χ2n) is 6.02. The van der Waals surface area contributed by atoms with Crippen molar-refractivity contribution in [1.82, 2.24) is 10.8 Å². The van der Waals surface area contributed by atoms with Gasteiger partial charge in [-0.05, 0) is 30.2 Å². The molecular formula is C19H19N3O4S. The summed E-state index contributed by atoms with van der Waals surface area (Å²) in [5.41, 5.74) is 3.45. The first-order valence-electron chi connectivity index (χ1n) is 8.34. The Balaban J connectivity index is 1.96. The summed E-state index contributed by atoms with van der Waals surface area (Å²) in [5, 5.41) is 11.0. The van der Waals surface area contributed by atoms with Gasteiger partial charge in [0.25, 0.3) is 11.8 Å². The Bertz CT molecular complexity index is 873. The molecule has 1 aliphatic rings. The SMILES string of the molecule is CNC(=O)c1ccc2c(c1)N(CC(=O)NO)C(=O)C(Cc1ccccc1)S2. The molecule has 0 fully saturated rings. The van der Waals surface area contributed by atoms with E-state index in [1.807, 2.05) is 30.3 Å². The number of carbonyl (C=O) groups is 3. The van der Waals surface area contributed by atoms with Gasteiger partial charge in [0.15, 0.2) is 0 Å². The molecule has 1 aliphatic heterocycles. The van der Waals surface area contributed by atoms with Crippen molar-refractivity contribution in [3.05, 3.63) is 59.7 Å². The van der Waals surface area contributed by atoms with E-state index in [0.29, 0.717) is 17.7 Å². The van der Waals surface area contributed by atoms with Gasteiger partial charge in [0, 0.05) is 17.5 Å². The molecule has 0 saturated carbocycles. The molecule has 1 unspecified atom stereocenters. The van der Waals surface area contributed by atoms with Crippen LogP contribution in [0.4, 0.5) is 5.69 Å². The van der Waals surface area contributed by atoms with Crippen molar-refractivity contribution in [1.29, 1.82) is 0 Å². The van der Waals surface area contributed by atoms with E-state index in [2.05, 4.69) is 5.32 Å². The van der Waals surface area contributed by atoms with Crippen molar-refractivity contribution in [3.8, 4) is 0 Å². The summed E-state index contributed by atoms with van der Waals surface area (Å²) in [4.78, 5) is 38.8. The molecule has 2 aromatic carbocycles. The van der Waals surface area contributed by atoms with E-state index in [0.717, 1.165) is 10.5 Å². The minimum atomic E-state index is -0.704. The Hall–Kier alpha value is -2.84. The average molecular weight is 385 g/mol. The first kappa shape index (κ1) is 18.9. The Labute approximate surface area is 160 Å². The van der Waals surface area contributed by atoms with Gasteiger partial charge in [0.1, 0.15) is 6.54 Å². The standard InChI is InChI=1S/C19H19N3O4S/c1-20-18(24)13-7-8-15-14(10-13)22(11-17(23)21-26)19(25)16(27-15)9-12-5-3-2-4-6-12/h2-8,10,16,26H,9,11H2,1H3,(H,20,24)(H,21,23). The summed E-state index contributed by atoms with van der Waals surface area (Å²) in [5.74, 6) is -1.23. The molecule has 8 heteroatoms. The van der Waals surface area contributed by atoms with Crippen molar-refractivity contribution in [3.63, 3.8) is 0 Å². The predicted octanol–water partition coefficient (Wildman–Crippen LogP) is 1.60. The summed E-state index contributed by atoms with van der Waals surface area (Å²) < 4.78 is 0. The molecule has 0 radical (unpaired) electrons. The molecule has 3 rings (SSSR count). The molecule has 0 bridgehead atoms. The van der Waals surface area contributed by atoms with E-state index in [9.17, 15) is 14.4 Å². The maximum atomic E-state index is 13.0. The normalized spacial score (nSPS) is 15.9. The average Bonchev–Trinajstić information content (AvgIpc) is 2.70. The molecule has 0 saturated heterocycles. The zero-order valence-corrected chi connectivity index (χ0v) is 15.5. The fourth-order valence-corrected chi connectivity index (χ4v) is 4.16. The monoisotopic (exact) mass is 385 g/mol. The van der Waals surface area contributed by atoms with E-state index in [1.165, 1.54) is 23.7 Å². The molecule has 140 valence electrons. The van der Waals surface area contributed by atoms with Crippen LogP contribution in [0.3, 0.4) is 0 Å². The summed E-state index contributed by atoms with van der Waals surface area (Å²) >= 11 is 1.41. The summed E-state index contributed by atoms with van der Waals surface area (Å²) in [6.07, 6.45) is 0.512. The van der Waals surface area contributed by atoms with Gasteiger partial charge in [-0.1, -0.05) is 30.3 Å². The first-order chi connectivity index (χ1) is 13.0. The van der Waals surface area contributed by atoms with Crippen LogP contribution in [-0.2, 0) is 16.0 Å². The molecule has 2 aromatic rings. The van der Waals surface area contributed by atoms with Crippen molar-refractivity contribution < 1.29 is 19.6 Å². The molecule has 7 nitrogen and oxygen atoms in total. The number of nitrogens with one attached hydrogen (secondary N) is 2. The third-order valence-electron chi connectivity index (χ3n) is 4.24. The minimum absolute atomic E-state index is 0.242. The number of amides is 3. The largest absolute Gasteiger partial charge is 0.355 e. The zero-order valence-electron chi connectivity index (χ0n) is 14.6. The van der Waals surface area contributed by atoms with Crippen LogP contribution in [0.1, 0.15) is 15.9 Å². The highest BCUT2D eigenvalue weighted by molar-refractivity contribution is 8.01. The van der Waals surface area contributed by atoms with E-state index in [1.54, 1.807) is 23.7 Å². The van der Waals surface area contributed by atoms with E-state index in [-0.39, 0.29) is 18.4 Å². The Morgan fingerprint density at radius 1 is 1.19 bits per heavy atom. The third-order valence-corrected chi connectivity index (χ3v) is 5.49. The summed E-state index contributed by atoms with van der Waals surface area (Å²) in [6.45, 7) is -0.328. The number of thioether (sulfide) groups is 1. The lowest BCUT2D eigenvalue weighted by molar-refractivity contribution is -0.129. The van der Waals surface area contributed by atoms with Gasteiger partial charge in [-0.2, -0.15) is 0 Å². The highest BCUT2D eigenvalue weighted by Crippen LogP contribution is 2.40. The topological polar surface area (TPSA) is 98.7 Å². The van der Waals surface area contributed by atoms with Gasteiger partial charge in [0.05, 0.1) is 10.9 Å². The van der Waals surface area contributed by atoms with E-state index >= 15 is 0 Å². The maximum absolute atomic E-state index is 13.0.